The standard InChI is InChI=1S/C6H12N2O2.C6H11NO3/c7-6(9)5-8-1-3-10-4-2-8;1-3-10-6(9)4-7-5(2)8/h1-5H2,(H2,7,9);3-4H2,1-2H3,(H,7,8). The van der Waals surface area contributed by atoms with E-state index in [2.05, 4.69) is 10.1 Å². The zero-order valence-corrected chi connectivity index (χ0v) is 12.0. The van der Waals surface area contributed by atoms with Crippen molar-refractivity contribution < 1.29 is 23.9 Å². The molecule has 8 nitrogen and oxygen atoms in total. The first-order valence-corrected chi connectivity index (χ1v) is 6.44. The lowest BCUT2D eigenvalue weighted by molar-refractivity contribution is -0.143. The lowest BCUT2D eigenvalue weighted by Gasteiger charge is -2.24. The van der Waals surface area contributed by atoms with Gasteiger partial charge in [-0.3, -0.25) is 19.3 Å². The van der Waals surface area contributed by atoms with E-state index in [-0.39, 0.29) is 18.4 Å². The molecular formula is C12H23N3O5. The fraction of sp³-hybridized carbons (Fsp3) is 0.750. The van der Waals surface area contributed by atoms with Crippen LogP contribution in [0.3, 0.4) is 0 Å². The maximum Gasteiger partial charge on any atom is 0.325 e. The van der Waals surface area contributed by atoms with Crippen molar-refractivity contribution >= 4 is 17.8 Å². The molecular weight excluding hydrogens is 266 g/mol. The van der Waals surface area contributed by atoms with E-state index in [1.807, 2.05) is 4.90 Å². The van der Waals surface area contributed by atoms with E-state index in [1.165, 1.54) is 6.92 Å². The SMILES string of the molecule is CCOC(=O)CNC(C)=O.NC(=O)CN1CCOCC1. The highest BCUT2D eigenvalue weighted by molar-refractivity contribution is 5.80. The summed E-state index contributed by atoms with van der Waals surface area (Å²) in [6.45, 7) is 6.81. The van der Waals surface area contributed by atoms with Crippen LogP contribution in [0.15, 0.2) is 0 Å². The van der Waals surface area contributed by atoms with E-state index >= 15 is 0 Å². The van der Waals surface area contributed by atoms with Crippen LogP contribution < -0.4 is 11.1 Å². The van der Waals surface area contributed by atoms with Crippen molar-refractivity contribution in [1.29, 1.82) is 0 Å². The summed E-state index contributed by atoms with van der Waals surface area (Å²) in [7, 11) is 0. The quantitative estimate of drug-likeness (QED) is 0.595. The molecule has 0 unspecified atom stereocenters. The average molecular weight is 289 g/mol. The van der Waals surface area contributed by atoms with Crippen molar-refractivity contribution in [2.45, 2.75) is 13.8 Å². The van der Waals surface area contributed by atoms with Gasteiger partial charge in [0, 0.05) is 20.0 Å². The van der Waals surface area contributed by atoms with Crippen LogP contribution in [0.1, 0.15) is 13.8 Å². The molecule has 0 radical (unpaired) electrons. The van der Waals surface area contributed by atoms with Crippen LogP contribution in [0.4, 0.5) is 0 Å². The van der Waals surface area contributed by atoms with Crippen molar-refractivity contribution in [1.82, 2.24) is 10.2 Å². The van der Waals surface area contributed by atoms with Crippen LogP contribution in [-0.4, -0.2) is 68.7 Å². The van der Waals surface area contributed by atoms with E-state index in [9.17, 15) is 14.4 Å². The van der Waals surface area contributed by atoms with Gasteiger partial charge < -0.3 is 20.5 Å². The van der Waals surface area contributed by atoms with Crippen molar-refractivity contribution in [3.05, 3.63) is 0 Å². The summed E-state index contributed by atoms with van der Waals surface area (Å²) >= 11 is 0. The molecule has 1 heterocycles. The van der Waals surface area contributed by atoms with E-state index < -0.39 is 5.97 Å². The normalized spacial score (nSPS) is 14.7. The third-order valence-corrected chi connectivity index (χ3v) is 2.27. The summed E-state index contributed by atoms with van der Waals surface area (Å²) in [5, 5.41) is 2.32. The molecule has 0 spiro atoms. The van der Waals surface area contributed by atoms with Gasteiger partial charge in [0.15, 0.2) is 0 Å². The molecule has 116 valence electrons. The molecule has 0 saturated carbocycles. The molecule has 1 aliphatic heterocycles. The Morgan fingerprint density at radius 2 is 1.90 bits per heavy atom. The number of nitrogens with two attached hydrogens (primary N) is 1. The molecule has 8 heteroatoms. The van der Waals surface area contributed by atoms with Crippen molar-refractivity contribution in [3.63, 3.8) is 0 Å². The summed E-state index contributed by atoms with van der Waals surface area (Å²) in [4.78, 5) is 33.1. The fourth-order valence-electron chi connectivity index (χ4n) is 1.39. The molecule has 0 aromatic heterocycles. The highest BCUT2D eigenvalue weighted by atomic mass is 16.5. The summed E-state index contributed by atoms with van der Waals surface area (Å²) < 4.78 is 9.63. The third-order valence-electron chi connectivity index (χ3n) is 2.27. The molecule has 0 aromatic carbocycles. The topological polar surface area (TPSA) is 111 Å². The van der Waals surface area contributed by atoms with Gasteiger partial charge in [-0.2, -0.15) is 0 Å². The number of amides is 2. The Bertz CT molecular complexity index is 316. The highest BCUT2D eigenvalue weighted by Gasteiger charge is 2.11. The Labute approximate surface area is 118 Å². The molecule has 1 aliphatic rings. The molecule has 1 fully saturated rings. The molecule has 0 aliphatic carbocycles. The van der Waals surface area contributed by atoms with Crippen molar-refractivity contribution in [2.24, 2.45) is 5.73 Å². The fourth-order valence-corrected chi connectivity index (χ4v) is 1.39. The van der Waals surface area contributed by atoms with Crippen LogP contribution in [0.5, 0.6) is 0 Å². The summed E-state index contributed by atoms with van der Waals surface area (Å²) in [6, 6.07) is 0. The maximum absolute atomic E-state index is 10.5. The molecule has 3 N–H and O–H groups in total. The minimum absolute atomic E-state index is 0.0385. The van der Waals surface area contributed by atoms with E-state index in [0.29, 0.717) is 26.4 Å². The number of nitrogens with one attached hydrogen (secondary N) is 1. The summed E-state index contributed by atoms with van der Waals surface area (Å²) in [5.41, 5.74) is 5.00. The Morgan fingerprint density at radius 3 is 2.35 bits per heavy atom. The highest BCUT2D eigenvalue weighted by Crippen LogP contribution is 1.94. The average Bonchev–Trinajstić information content (AvgIpc) is 2.38. The number of ether oxygens (including phenoxy) is 2. The number of carbonyl (C=O) groups excluding carboxylic acids is 3. The lowest BCUT2D eigenvalue weighted by Crippen LogP contribution is -2.41. The van der Waals surface area contributed by atoms with Gasteiger partial charge in [-0.15, -0.1) is 0 Å². The first-order valence-electron chi connectivity index (χ1n) is 6.44. The van der Waals surface area contributed by atoms with E-state index in [0.717, 1.165) is 13.1 Å². The number of esters is 1. The largest absolute Gasteiger partial charge is 0.465 e. The number of primary amides is 1. The van der Waals surface area contributed by atoms with Gasteiger partial charge in [-0.05, 0) is 6.92 Å². The minimum Gasteiger partial charge on any atom is -0.465 e. The van der Waals surface area contributed by atoms with E-state index in [4.69, 9.17) is 10.5 Å². The Morgan fingerprint density at radius 1 is 1.30 bits per heavy atom. The molecule has 1 rings (SSSR count). The molecule has 0 atom stereocenters. The Kier molecular flexibility index (Phi) is 10.2. The number of rotatable bonds is 5. The molecule has 20 heavy (non-hydrogen) atoms. The number of morpholine rings is 1. The van der Waals surface area contributed by atoms with Gasteiger partial charge >= 0.3 is 5.97 Å². The second-order valence-corrected chi connectivity index (χ2v) is 4.07. The number of hydrogen-bond donors (Lipinski definition) is 2. The second-order valence-electron chi connectivity index (χ2n) is 4.07. The molecule has 0 bridgehead atoms. The van der Waals surface area contributed by atoms with Crippen molar-refractivity contribution in [2.75, 3.05) is 46.0 Å². The van der Waals surface area contributed by atoms with E-state index in [1.54, 1.807) is 6.92 Å². The zero-order valence-electron chi connectivity index (χ0n) is 12.0. The van der Waals surface area contributed by atoms with Gasteiger partial charge in [-0.1, -0.05) is 0 Å². The van der Waals surface area contributed by atoms with Crippen LogP contribution in [-0.2, 0) is 23.9 Å². The number of nitrogens with zero attached hydrogens (tertiary/aromatic N) is 1. The number of hydrogen-bond acceptors (Lipinski definition) is 6. The first-order chi connectivity index (χ1) is 9.45. The van der Waals surface area contributed by atoms with Gasteiger partial charge in [0.05, 0.1) is 26.4 Å². The minimum atomic E-state index is -0.405. The first kappa shape index (κ1) is 18.3. The maximum atomic E-state index is 10.5. The lowest BCUT2D eigenvalue weighted by atomic mass is 10.4. The van der Waals surface area contributed by atoms with Gasteiger partial charge in [0.1, 0.15) is 6.54 Å². The zero-order chi connectivity index (χ0) is 15.4. The predicted octanol–water partition coefficient (Wildman–Crippen LogP) is -1.51. The Balaban J connectivity index is 0.000000361. The van der Waals surface area contributed by atoms with Crippen LogP contribution in [0.2, 0.25) is 0 Å². The second kappa shape index (κ2) is 11.2. The van der Waals surface area contributed by atoms with Gasteiger partial charge in [-0.25, -0.2) is 0 Å². The molecule has 1 saturated heterocycles. The van der Waals surface area contributed by atoms with Gasteiger partial charge in [0.2, 0.25) is 11.8 Å². The molecule has 0 aromatic rings. The molecule has 2 amide bonds. The van der Waals surface area contributed by atoms with Crippen molar-refractivity contribution in [3.8, 4) is 0 Å². The number of carbonyl (C=O) groups is 3. The van der Waals surface area contributed by atoms with Crippen LogP contribution >= 0.6 is 0 Å². The smallest absolute Gasteiger partial charge is 0.325 e. The van der Waals surface area contributed by atoms with Gasteiger partial charge in [0.25, 0.3) is 0 Å². The summed E-state index contributed by atoms with van der Waals surface area (Å²) in [6.07, 6.45) is 0. The third kappa shape index (κ3) is 11.4. The van der Waals surface area contributed by atoms with Crippen LogP contribution in [0.25, 0.3) is 0 Å². The van der Waals surface area contributed by atoms with Crippen LogP contribution in [0, 0.1) is 0 Å². The predicted molar refractivity (Wildman–Crippen MR) is 71.8 cm³/mol. The monoisotopic (exact) mass is 289 g/mol. The summed E-state index contributed by atoms with van der Waals surface area (Å²) in [5.74, 6) is -0.896. The Hall–Kier alpha value is -1.67.